The summed E-state index contributed by atoms with van der Waals surface area (Å²) in [7, 11) is 1.65. The minimum absolute atomic E-state index is 0.110. The lowest BCUT2D eigenvalue weighted by molar-refractivity contribution is -0.130. The Bertz CT molecular complexity index is 746. The third-order valence-electron chi connectivity index (χ3n) is 4.48. The summed E-state index contributed by atoms with van der Waals surface area (Å²) < 4.78 is 5.17. The first kappa shape index (κ1) is 18.9. The van der Waals surface area contributed by atoms with Crippen LogP contribution in [0.4, 0.5) is 5.69 Å². The van der Waals surface area contributed by atoms with Gasteiger partial charge in [0.15, 0.2) is 0 Å². The topological polar surface area (TPSA) is 32.8 Å². The summed E-state index contributed by atoms with van der Waals surface area (Å²) in [5.74, 6) is 1.02. The maximum Gasteiger partial charge on any atom is 0.235 e. The molecular formula is C20H23ClN2O2S. The maximum atomic E-state index is 12.8. The van der Waals surface area contributed by atoms with Crippen LogP contribution in [0.3, 0.4) is 0 Å². The van der Waals surface area contributed by atoms with E-state index >= 15 is 0 Å². The normalized spacial score (nSPS) is 15.7. The first-order valence-corrected chi connectivity index (χ1v) is 9.92. The Balaban J connectivity index is 1.53. The van der Waals surface area contributed by atoms with Crippen molar-refractivity contribution in [3.05, 3.63) is 53.6 Å². The second kappa shape index (κ2) is 8.69. The Labute approximate surface area is 164 Å². The molecule has 3 rings (SSSR count). The molecule has 0 radical (unpaired) electrons. The molecule has 2 aromatic rings. The van der Waals surface area contributed by atoms with Crippen LogP contribution in [0, 0.1) is 0 Å². The number of benzene rings is 2. The van der Waals surface area contributed by atoms with E-state index in [1.165, 1.54) is 0 Å². The van der Waals surface area contributed by atoms with E-state index in [0.717, 1.165) is 47.5 Å². The van der Waals surface area contributed by atoms with Crippen molar-refractivity contribution in [2.45, 2.75) is 17.1 Å². The number of thioether (sulfide) groups is 1. The predicted molar refractivity (Wildman–Crippen MR) is 109 cm³/mol. The lowest BCUT2D eigenvalue weighted by atomic mass is 10.2. The highest BCUT2D eigenvalue weighted by atomic mass is 35.5. The second-order valence-corrected chi connectivity index (χ2v) is 8.08. The van der Waals surface area contributed by atoms with Gasteiger partial charge in [-0.1, -0.05) is 17.7 Å². The third-order valence-corrected chi connectivity index (χ3v) is 5.82. The Morgan fingerprint density at radius 3 is 2.42 bits per heavy atom. The zero-order valence-electron chi connectivity index (χ0n) is 15.0. The Morgan fingerprint density at radius 2 is 1.81 bits per heavy atom. The Hall–Kier alpha value is -1.85. The molecule has 138 valence electrons. The molecule has 2 aromatic carbocycles. The SMILES string of the molecule is COc1ccc(S[C@@H](C)C(=O)N2CCN(c3cccc(Cl)c3)CC2)cc1. The number of carbonyl (C=O) groups is 1. The largest absolute Gasteiger partial charge is 0.497 e. The van der Waals surface area contributed by atoms with Crippen molar-refractivity contribution in [1.29, 1.82) is 0 Å². The molecule has 6 heteroatoms. The van der Waals surface area contributed by atoms with Crippen LogP contribution in [0.25, 0.3) is 0 Å². The molecule has 1 fully saturated rings. The number of hydrogen-bond acceptors (Lipinski definition) is 4. The van der Waals surface area contributed by atoms with Crippen LogP contribution in [0.1, 0.15) is 6.92 Å². The summed E-state index contributed by atoms with van der Waals surface area (Å²) in [4.78, 5) is 18.1. The molecule has 0 bridgehead atoms. The van der Waals surface area contributed by atoms with Crippen molar-refractivity contribution in [3.63, 3.8) is 0 Å². The van der Waals surface area contributed by atoms with Crippen LogP contribution in [-0.2, 0) is 4.79 Å². The summed E-state index contributed by atoms with van der Waals surface area (Å²) in [6.45, 7) is 5.09. The van der Waals surface area contributed by atoms with Crippen LogP contribution in [0.2, 0.25) is 5.02 Å². The number of ether oxygens (including phenoxy) is 1. The molecule has 1 atom stereocenters. The molecule has 26 heavy (non-hydrogen) atoms. The van der Waals surface area contributed by atoms with Crippen molar-refractivity contribution >= 4 is 35.0 Å². The molecule has 0 saturated carbocycles. The van der Waals surface area contributed by atoms with Crippen LogP contribution in [0.5, 0.6) is 5.75 Å². The molecule has 1 saturated heterocycles. The molecule has 0 unspecified atom stereocenters. The van der Waals surface area contributed by atoms with E-state index in [2.05, 4.69) is 11.0 Å². The average Bonchev–Trinajstić information content (AvgIpc) is 2.68. The van der Waals surface area contributed by atoms with E-state index in [0.29, 0.717) is 0 Å². The van der Waals surface area contributed by atoms with E-state index in [1.54, 1.807) is 18.9 Å². The van der Waals surface area contributed by atoms with E-state index in [9.17, 15) is 4.79 Å². The van der Waals surface area contributed by atoms with Crippen molar-refractivity contribution in [2.24, 2.45) is 0 Å². The van der Waals surface area contributed by atoms with E-state index in [4.69, 9.17) is 16.3 Å². The quantitative estimate of drug-likeness (QED) is 0.717. The standard InChI is InChI=1S/C20H23ClN2O2S/c1-15(26-19-8-6-18(25-2)7-9-19)20(24)23-12-10-22(11-13-23)17-5-3-4-16(21)14-17/h3-9,14-15H,10-13H2,1-2H3/t15-/m0/s1. The third kappa shape index (κ3) is 4.65. The number of methoxy groups -OCH3 is 1. The predicted octanol–water partition coefficient (Wildman–Crippen LogP) is 4.18. The fourth-order valence-corrected chi connectivity index (χ4v) is 4.16. The van der Waals surface area contributed by atoms with Gasteiger partial charge < -0.3 is 14.5 Å². The number of halogens is 1. The van der Waals surface area contributed by atoms with Gasteiger partial charge in [-0.25, -0.2) is 0 Å². The number of anilines is 1. The number of hydrogen-bond donors (Lipinski definition) is 0. The van der Waals surface area contributed by atoms with E-state index in [-0.39, 0.29) is 11.2 Å². The molecule has 0 aromatic heterocycles. The molecule has 1 amide bonds. The van der Waals surface area contributed by atoms with Crippen LogP contribution in [0.15, 0.2) is 53.4 Å². The van der Waals surface area contributed by atoms with Gasteiger partial charge in [0, 0.05) is 41.8 Å². The Morgan fingerprint density at radius 1 is 1.12 bits per heavy atom. The highest BCUT2D eigenvalue weighted by Gasteiger charge is 2.25. The smallest absolute Gasteiger partial charge is 0.235 e. The highest BCUT2D eigenvalue weighted by Crippen LogP contribution is 2.27. The molecule has 0 spiro atoms. The van der Waals surface area contributed by atoms with Gasteiger partial charge in [0.05, 0.1) is 12.4 Å². The molecule has 1 aliphatic heterocycles. The van der Waals surface area contributed by atoms with Gasteiger partial charge in [-0.05, 0) is 49.4 Å². The summed E-state index contributed by atoms with van der Waals surface area (Å²) >= 11 is 7.66. The number of carbonyl (C=O) groups excluding carboxylic acids is 1. The van der Waals surface area contributed by atoms with Crippen molar-refractivity contribution in [2.75, 3.05) is 38.2 Å². The summed E-state index contributed by atoms with van der Waals surface area (Å²) in [5, 5.41) is 0.631. The summed E-state index contributed by atoms with van der Waals surface area (Å²) in [6.07, 6.45) is 0. The van der Waals surface area contributed by atoms with Gasteiger partial charge in [0.1, 0.15) is 5.75 Å². The fourth-order valence-electron chi connectivity index (χ4n) is 3.02. The van der Waals surface area contributed by atoms with E-state index < -0.39 is 0 Å². The fraction of sp³-hybridized carbons (Fsp3) is 0.350. The summed E-state index contributed by atoms with van der Waals surface area (Å²) in [6, 6.07) is 15.7. The van der Waals surface area contributed by atoms with Gasteiger partial charge in [-0.2, -0.15) is 0 Å². The second-order valence-electron chi connectivity index (χ2n) is 6.23. The number of nitrogens with zero attached hydrogens (tertiary/aromatic N) is 2. The minimum atomic E-state index is -0.110. The highest BCUT2D eigenvalue weighted by molar-refractivity contribution is 8.00. The van der Waals surface area contributed by atoms with Crippen LogP contribution >= 0.6 is 23.4 Å². The maximum absolute atomic E-state index is 12.8. The Kier molecular flexibility index (Phi) is 6.33. The van der Waals surface area contributed by atoms with Crippen LogP contribution < -0.4 is 9.64 Å². The first-order chi connectivity index (χ1) is 12.6. The molecular weight excluding hydrogens is 368 g/mol. The van der Waals surface area contributed by atoms with Gasteiger partial charge >= 0.3 is 0 Å². The summed E-state index contributed by atoms with van der Waals surface area (Å²) in [5.41, 5.74) is 1.12. The van der Waals surface area contributed by atoms with Gasteiger partial charge in [0.2, 0.25) is 5.91 Å². The van der Waals surface area contributed by atoms with Gasteiger partial charge in [-0.15, -0.1) is 11.8 Å². The van der Waals surface area contributed by atoms with Crippen LogP contribution in [-0.4, -0.2) is 49.3 Å². The van der Waals surface area contributed by atoms with Gasteiger partial charge in [0.25, 0.3) is 0 Å². The van der Waals surface area contributed by atoms with Gasteiger partial charge in [-0.3, -0.25) is 4.79 Å². The lowest BCUT2D eigenvalue weighted by Gasteiger charge is -2.37. The number of rotatable bonds is 5. The molecule has 4 nitrogen and oxygen atoms in total. The number of piperazine rings is 1. The van der Waals surface area contributed by atoms with Crippen molar-refractivity contribution in [3.8, 4) is 5.75 Å². The zero-order chi connectivity index (χ0) is 18.5. The minimum Gasteiger partial charge on any atom is -0.497 e. The van der Waals surface area contributed by atoms with E-state index in [1.807, 2.05) is 54.3 Å². The zero-order valence-corrected chi connectivity index (χ0v) is 16.6. The lowest BCUT2D eigenvalue weighted by Crippen LogP contribution is -2.50. The van der Waals surface area contributed by atoms with Crippen molar-refractivity contribution in [1.82, 2.24) is 4.90 Å². The number of amides is 1. The monoisotopic (exact) mass is 390 g/mol. The van der Waals surface area contributed by atoms with Crippen molar-refractivity contribution < 1.29 is 9.53 Å². The molecule has 1 heterocycles. The molecule has 1 aliphatic rings. The first-order valence-electron chi connectivity index (χ1n) is 8.67. The molecule has 0 aliphatic carbocycles. The molecule has 0 N–H and O–H groups in total. The average molecular weight is 391 g/mol.